The second kappa shape index (κ2) is 11.1. The van der Waals surface area contributed by atoms with Gasteiger partial charge in [0.1, 0.15) is 5.82 Å². The molecule has 2 aliphatic carbocycles. The first-order chi connectivity index (χ1) is 12.8. The Morgan fingerprint density at radius 2 is 1.12 bits per heavy atom. The van der Waals surface area contributed by atoms with Crippen molar-refractivity contribution in [2.45, 2.75) is 115 Å². The molecule has 146 valence electrons. The van der Waals surface area contributed by atoms with Gasteiger partial charge in [-0.25, -0.2) is 4.98 Å². The number of nitrogens with zero attached hydrogens (tertiary/aromatic N) is 3. The van der Waals surface area contributed by atoms with Crippen LogP contribution in [-0.2, 0) is 0 Å². The molecule has 1 aromatic rings. The van der Waals surface area contributed by atoms with Crippen LogP contribution in [0.2, 0.25) is 5.28 Å². The first kappa shape index (κ1) is 19.9. The quantitative estimate of drug-likeness (QED) is 0.638. The monoisotopic (exact) mass is 378 g/mol. The molecule has 0 aliphatic heterocycles. The van der Waals surface area contributed by atoms with E-state index in [0.717, 1.165) is 5.82 Å². The van der Waals surface area contributed by atoms with Gasteiger partial charge in [0.25, 0.3) is 0 Å². The van der Waals surface area contributed by atoms with E-state index in [9.17, 15) is 0 Å². The minimum Gasteiger partial charge on any atom is -0.351 e. The number of halogens is 1. The standard InChI is InChI=1S/C21H35ClN4/c22-20-24-19(17-13-9-5-4-6-10-14-17)25-21(26-20)23-18-15-11-7-2-1-3-8-12-16-18/h17-18H,1-16H2,(H,23,24,25,26). The third-order valence-electron chi connectivity index (χ3n) is 6.03. The van der Waals surface area contributed by atoms with E-state index >= 15 is 0 Å². The van der Waals surface area contributed by atoms with Gasteiger partial charge in [0.05, 0.1) is 0 Å². The van der Waals surface area contributed by atoms with Crippen LogP contribution in [0, 0.1) is 0 Å². The zero-order valence-corrected chi connectivity index (χ0v) is 16.9. The molecule has 1 aromatic heterocycles. The highest BCUT2D eigenvalue weighted by molar-refractivity contribution is 6.28. The zero-order chi connectivity index (χ0) is 18.0. The van der Waals surface area contributed by atoms with Crippen LogP contribution < -0.4 is 5.32 Å². The van der Waals surface area contributed by atoms with Crippen molar-refractivity contribution in [1.29, 1.82) is 0 Å². The van der Waals surface area contributed by atoms with Gasteiger partial charge in [0, 0.05) is 12.0 Å². The van der Waals surface area contributed by atoms with E-state index in [2.05, 4.69) is 15.3 Å². The van der Waals surface area contributed by atoms with Gasteiger partial charge < -0.3 is 5.32 Å². The van der Waals surface area contributed by atoms with Crippen molar-refractivity contribution in [3.05, 3.63) is 11.1 Å². The molecule has 0 radical (unpaired) electrons. The maximum Gasteiger partial charge on any atom is 0.227 e. The molecule has 0 unspecified atom stereocenters. The second-order valence-corrected chi connectivity index (χ2v) is 8.56. The van der Waals surface area contributed by atoms with E-state index in [0.29, 0.717) is 23.2 Å². The summed E-state index contributed by atoms with van der Waals surface area (Å²) in [6.45, 7) is 0. The molecule has 2 fully saturated rings. The third-order valence-corrected chi connectivity index (χ3v) is 6.20. The van der Waals surface area contributed by atoms with Gasteiger partial charge >= 0.3 is 0 Å². The lowest BCUT2D eigenvalue weighted by Crippen LogP contribution is -2.22. The highest BCUT2D eigenvalue weighted by Gasteiger charge is 2.19. The lowest BCUT2D eigenvalue weighted by Gasteiger charge is -2.22. The summed E-state index contributed by atoms with van der Waals surface area (Å²) < 4.78 is 0. The number of aromatic nitrogens is 3. The van der Waals surface area contributed by atoms with E-state index < -0.39 is 0 Å². The molecule has 0 saturated heterocycles. The molecule has 2 saturated carbocycles. The van der Waals surface area contributed by atoms with Crippen molar-refractivity contribution in [3.8, 4) is 0 Å². The second-order valence-electron chi connectivity index (χ2n) is 8.22. The minimum absolute atomic E-state index is 0.347. The number of nitrogens with one attached hydrogen (secondary N) is 1. The van der Waals surface area contributed by atoms with Crippen molar-refractivity contribution >= 4 is 17.5 Å². The van der Waals surface area contributed by atoms with Gasteiger partial charge in [0.15, 0.2) is 0 Å². The first-order valence-electron chi connectivity index (χ1n) is 11.0. The van der Waals surface area contributed by atoms with Crippen molar-refractivity contribution in [2.75, 3.05) is 5.32 Å². The van der Waals surface area contributed by atoms with Gasteiger partial charge in [-0.05, 0) is 37.3 Å². The summed E-state index contributed by atoms with van der Waals surface area (Å²) in [4.78, 5) is 13.7. The minimum atomic E-state index is 0.347. The molecule has 5 heteroatoms. The normalized spacial score (nSPS) is 22.3. The van der Waals surface area contributed by atoms with Crippen molar-refractivity contribution in [1.82, 2.24) is 15.0 Å². The predicted molar refractivity (Wildman–Crippen MR) is 109 cm³/mol. The fourth-order valence-electron chi connectivity index (χ4n) is 4.46. The number of anilines is 1. The van der Waals surface area contributed by atoms with Crippen LogP contribution in [0.25, 0.3) is 0 Å². The summed E-state index contributed by atoms with van der Waals surface area (Å²) in [6.07, 6.45) is 20.9. The van der Waals surface area contributed by atoms with Crippen LogP contribution in [0.3, 0.4) is 0 Å². The average molecular weight is 379 g/mol. The Morgan fingerprint density at radius 1 is 0.615 bits per heavy atom. The van der Waals surface area contributed by atoms with Crippen LogP contribution in [-0.4, -0.2) is 21.0 Å². The SMILES string of the molecule is Clc1nc(NC2CCCCCCCCC2)nc(C2CCCCCCC2)n1. The number of hydrogen-bond donors (Lipinski definition) is 1. The van der Waals surface area contributed by atoms with Gasteiger partial charge in [0.2, 0.25) is 11.2 Å². The molecule has 0 bridgehead atoms. The summed E-state index contributed by atoms with van der Waals surface area (Å²) in [5, 5.41) is 3.95. The Balaban J connectivity index is 1.65. The molecule has 1 N–H and O–H groups in total. The van der Waals surface area contributed by atoms with Gasteiger partial charge in [-0.15, -0.1) is 0 Å². The molecular weight excluding hydrogens is 344 g/mol. The fraction of sp³-hybridized carbons (Fsp3) is 0.857. The largest absolute Gasteiger partial charge is 0.351 e. The predicted octanol–water partition coefficient (Wildman–Crippen LogP) is 6.66. The highest BCUT2D eigenvalue weighted by Crippen LogP contribution is 2.30. The molecular formula is C21H35ClN4. The molecule has 26 heavy (non-hydrogen) atoms. The summed E-state index contributed by atoms with van der Waals surface area (Å²) in [7, 11) is 0. The van der Waals surface area contributed by atoms with Crippen LogP contribution in [0.1, 0.15) is 114 Å². The van der Waals surface area contributed by atoms with Crippen LogP contribution in [0.4, 0.5) is 5.95 Å². The molecule has 2 aliphatic rings. The Bertz CT molecular complexity index is 519. The smallest absolute Gasteiger partial charge is 0.227 e. The van der Waals surface area contributed by atoms with E-state index in [1.54, 1.807) is 0 Å². The van der Waals surface area contributed by atoms with Crippen molar-refractivity contribution in [3.63, 3.8) is 0 Å². The lowest BCUT2D eigenvalue weighted by atomic mass is 9.90. The fourth-order valence-corrected chi connectivity index (χ4v) is 4.63. The van der Waals surface area contributed by atoms with E-state index in [1.165, 1.54) is 103 Å². The van der Waals surface area contributed by atoms with Gasteiger partial charge in [-0.1, -0.05) is 77.0 Å². The number of rotatable bonds is 3. The number of hydrogen-bond acceptors (Lipinski definition) is 4. The van der Waals surface area contributed by atoms with E-state index in [-0.39, 0.29) is 0 Å². The average Bonchev–Trinajstić information content (AvgIpc) is 2.60. The molecule has 1 heterocycles. The van der Waals surface area contributed by atoms with E-state index in [1.807, 2.05) is 0 Å². The van der Waals surface area contributed by atoms with Gasteiger partial charge in [-0.3, -0.25) is 0 Å². The lowest BCUT2D eigenvalue weighted by molar-refractivity contribution is 0.441. The summed E-state index contributed by atoms with van der Waals surface area (Å²) in [5.41, 5.74) is 0. The van der Waals surface area contributed by atoms with Crippen LogP contribution >= 0.6 is 11.6 Å². The van der Waals surface area contributed by atoms with Crippen LogP contribution in [0.15, 0.2) is 0 Å². The topological polar surface area (TPSA) is 50.7 Å². The molecule has 0 spiro atoms. The van der Waals surface area contributed by atoms with Crippen molar-refractivity contribution < 1.29 is 0 Å². The summed E-state index contributed by atoms with van der Waals surface area (Å²) >= 11 is 6.26. The summed E-state index contributed by atoms with van der Waals surface area (Å²) in [6, 6.07) is 0.469. The van der Waals surface area contributed by atoms with Gasteiger partial charge in [-0.2, -0.15) is 9.97 Å². The molecule has 3 rings (SSSR count). The first-order valence-corrected chi connectivity index (χ1v) is 11.4. The molecule has 0 atom stereocenters. The Kier molecular flexibility index (Phi) is 8.44. The zero-order valence-electron chi connectivity index (χ0n) is 16.2. The van der Waals surface area contributed by atoms with E-state index in [4.69, 9.17) is 16.6 Å². The highest BCUT2D eigenvalue weighted by atomic mass is 35.5. The molecule has 0 amide bonds. The van der Waals surface area contributed by atoms with Crippen LogP contribution in [0.5, 0.6) is 0 Å². The summed E-state index contributed by atoms with van der Waals surface area (Å²) in [5.74, 6) is 2.05. The Morgan fingerprint density at radius 3 is 1.69 bits per heavy atom. The molecule has 4 nitrogen and oxygen atoms in total. The molecule has 0 aromatic carbocycles. The maximum atomic E-state index is 6.26. The Labute approximate surface area is 164 Å². The third kappa shape index (κ3) is 6.68. The maximum absolute atomic E-state index is 6.26. The Hall–Kier alpha value is -0.900. The van der Waals surface area contributed by atoms with Crippen molar-refractivity contribution in [2.24, 2.45) is 0 Å².